The summed E-state index contributed by atoms with van der Waals surface area (Å²) in [6.07, 6.45) is -0.943. The number of hydrogen-bond donors (Lipinski definition) is 1. The van der Waals surface area contributed by atoms with Gasteiger partial charge < -0.3 is 5.32 Å². The molecule has 0 atom stereocenters. The van der Waals surface area contributed by atoms with Crippen LogP contribution in [-0.2, 0) is 6.18 Å². The average Bonchev–Trinajstić information content (AvgIpc) is 3.08. The van der Waals surface area contributed by atoms with E-state index in [1.165, 1.54) is 18.5 Å². The predicted octanol–water partition coefficient (Wildman–Crippen LogP) is 5.34. The molecule has 0 saturated carbocycles. The number of anilines is 1. The number of alkyl halides is 3. The molecule has 11 heteroatoms. The Kier molecular flexibility index (Phi) is 4.95. The van der Waals surface area contributed by atoms with E-state index in [1.807, 2.05) is 0 Å². The van der Waals surface area contributed by atoms with Crippen LogP contribution in [0.25, 0.3) is 22.3 Å². The van der Waals surface area contributed by atoms with Gasteiger partial charge in [-0.05, 0) is 30.7 Å². The van der Waals surface area contributed by atoms with E-state index in [0.717, 1.165) is 16.3 Å². The zero-order chi connectivity index (χ0) is 21.5. The molecular weight excluding hydrogens is 419 g/mol. The van der Waals surface area contributed by atoms with Gasteiger partial charge in [-0.2, -0.15) is 13.2 Å². The summed E-state index contributed by atoms with van der Waals surface area (Å²) in [5.74, 6) is -1.41. The summed E-state index contributed by atoms with van der Waals surface area (Å²) in [6, 6.07) is 6.29. The van der Waals surface area contributed by atoms with Crippen LogP contribution in [0.1, 0.15) is 17.0 Å². The number of nitrogens with zero attached hydrogens (tertiary/aromatic N) is 5. The minimum absolute atomic E-state index is 0.0416. The molecule has 4 aromatic rings. The Hall–Kier alpha value is -3.39. The third kappa shape index (κ3) is 3.73. The molecule has 0 unspecified atom stereocenters. The van der Waals surface area contributed by atoms with Gasteiger partial charge in [-0.25, -0.2) is 19.1 Å². The van der Waals surface area contributed by atoms with E-state index >= 15 is 0 Å². The molecular formula is C19H13F4N6P. The summed E-state index contributed by atoms with van der Waals surface area (Å²) in [5, 5.41) is 2.80. The maximum Gasteiger partial charge on any atom is 0.450 e. The number of fused-ring (bicyclic) bond motifs is 1. The molecule has 30 heavy (non-hydrogen) atoms. The molecule has 0 aliphatic carbocycles. The van der Waals surface area contributed by atoms with Crippen molar-refractivity contribution in [2.24, 2.45) is 0 Å². The molecule has 0 radical (unpaired) electrons. The van der Waals surface area contributed by atoms with Crippen molar-refractivity contribution in [3.8, 4) is 5.55 Å². The van der Waals surface area contributed by atoms with Crippen LogP contribution in [0.3, 0.4) is 0 Å². The molecule has 6 nitrogen and oxygen atoms in total. The lowest BCUT2D eigenvalue weighted by Gasteiger charge is -2.12. The summed E-state index contributed by atoms with van der Waals surface area (Å²) < 4.78 is 59.6. The van der Waals surface area contributed by atoms with Crippen LogP contribution in [-0.4, -0.2) is 24.3 Å². The van der Waals surface area contributed by atoms with E-state index < -0.39 is 17.8 Å². The summed E-state index contributed by atoms with van der Waals surface area (Å²) >= 11 is 0. The van der Waals surface area contributed by atoms with E-state index in [4.69, 9.17) is 0 Å². The molecule has 0 fully saturated rings. The Labute approximate surface area is 169 Å². The van der Waals surface area contributed by atoms with Crippen LogP contribution in [0.2, 0.25) is 0 Å². The Morgan fingerprint density at radius 1 is 1.20 bits per heavy atom. The van der Waals surface area contributed by atoms with Gasteiger partial charge in [0, 0.05) is 17.5 Å². The number of aromatic nitrogens is 5. The van der Waals surface area contributed by atoms with Crippen molar-refractivity contribution in [1.82, 2.24) is 24.3 Å². The first-order chi connectivity index (χ1) is 14.2. The minimum atomic E-state index is -4.67. The Bertz CT molecular complexity index is 1250. The highest BCUT2D eigenvalue weighted by Gasteiger charge is 2.38. The van der Waals surface area contributed by atoms with E-state index in [0.29, 0.717) is 0 Å². The van der Waals surface area contributed by atoms with Gasteiger partial charge in [0.2, 0.25) is 5.82 Å². The van der Waals surface area contributed by atoms with Crippen molar-refractivity contribution >= 4 is 30.9 Å². The summed E-state index contributed by atoms with van der Waals surface area (Å²) in [7, 11) is 0.159. The molecule has 3 aromatic heterocycles. The summed E-state index contributed by atoms with van der Waals surface area (Å²) in [4.78, 5) is 11.5. The predicted molar refractivity (Wildman–Crippen MR) is 106 cm³/mol. The van der Waals surface area contributed by atoms with E-state index in [1.54, 1.807) is 25.1 Å². The van der Waals surface area contributed by atoms with Gasteiger partial charge in [-0.15, -0.1) is 0 Å². The van der Waals surface area contributed by atoms with Gasteiger partial charge in [0.15, 0.2) is 17.2 Å². The second-order valence-corrected chi connectivity index (χ2v) is 7.16. The molecule has 0 aliphatic rings. The Balaban J connectivity index is 1.70. The second kappa shape index (κ2) is 7.46. The Morgan fingerprint density at radius 2 is 2.00 bits per heavy atom. The normalized spacial score (nSPS) is 11.9. The van der Waals surface area contributed by atoms with Crippen LogP contribution >= 0.6 is 8.35 Å². The van der Waals surface area contributed by atoms with Crippen LogP contribution in [0.15, 0.2) is 49.4 Å². The monoisotopic (exact) mass is 432 g/mol. The van der Waals surface area contributed by atoms with Crippen LogP contribution in [0, 0.1) is 12.7 Å². The summed E-state index contributed by atoms with van der Waals surface area (Å²) in [6.45, 7) is 5.52. The highest BCUT2D eigenvalue weighted by Crippen LogP contribution is 2.35. The third-order valence-electron chi connectivity index (χ3n) is 4.19. The number of imidazole rings is 1. The standard InChI is InChI=1S/C19H13F4N6P/c1-10-3-4-15-14(7-10)27-17(19(21,22)23)29(15)18-25-9-16(28-30-18)26-11(2)12-5-6-24-8-13(12)20/h3-9H,2H2,1H3,(H,26,28). The fourth-order valence-corrected chi connectivity index (χ4v) is 3.55. The van der Waals surface area contributed by atoms with Crippen molar-refractivity contribution in [2.75, 3.05) is 5.32 Å². The van der Waals surface area contributed by atoms with Crippen molar-refractivity contribution < 1.29 is 17.6 Å². The number of rotatable bonds is 4. The molecule has 3 heterocycles. The molecule has 0 saturated heterocycles. The first-order valence-corrected chi connectivity index (χ1v) is 9.41. The molecule has 0 aliphatic heterocycles. The number of nitrogens with one attached hydrogen (secondary N) is 1. The smallest absolute Gasteiger partial charge is 0.339 e. The summed E-state index contributed by atoms with van der Waals surface area (Å²) in [5.41, 5.74) is 1.75. The minimum Gasteiger partial charge on any atom is -0.339 e. The second-order valence-electron chi connectivity index (χ2n) is 6.36. The van der Waals surface area contributed by atoms with Gasteiger partial charge in [-0.1, -0.05) is 12.6 Å². The van der Waals surface area contributed by atoms with Crippen LogP contribution in [0.4, 0.5) is 23.4 Å². The zero-order valence-electron chi connectivity index (χ0n) is 15.4. The third-order valence-corrected chi connectivity index (χ3v) is 5.00. The number of pyridine rings is 1. The maximum absolute atomic E-state index is 13.8. The van der Waals surface area contributed by atoms with Gasteiger partial charge in [0.05, 0.1) is 31.8 Å². The van der Waals surface area contributed by atoms with Gasteiger partial charge >= 0.3 is 6.18 Å². The number of aryl methyl sites for hydroxylation is 1. The number of halogens is 4. The van der Waals surface area contributed by atoms with Crippen molar-refractivity contribution in [3.63, 3.8) is 0 Å². The van der Waals surface area contributed by atoms with Crippen molar-refractivity contribution in [3.05, 3.63) is 72.2 Å². The highest BCUT2D eigenvalue weighted by atomic mass is 31.0. The lowest BCUT2D eigenvalue weighted by molar-refractivity contribution is -0.145. The molecule has 152 valence electrons. The van der Waals surface area contributed by atoms with Gasteiger partial charge in [0.25, 0.3) is 0 Å². The largest absolute Gasteiger partial charge is 0.450 e. The Morgan fingerprint density at radius 3 is 2.67 bits per heavy atom. The average molecular weight is 432 g/mol. The first-order valence-electron chi connectivity index (χ1n) is 8.56. The molecule has 0 amide bonds. The van der Waals surface area contributed by atoms with Gasteiger partial charge in [-0.3, -0.25) is 9.55 Å². The van der Waals surface area contributed by atoms with E-state index in [9.17, 15) is 17.6 Å². The van der Waals surface area contributed by atoms with Crippen LogP contribution in [0.5, 0.6) is 0 Å². The zero-order valence-corrected chi connectivity index (χ0v) is 16.3. The molecule has 0 spiro atoms. The molecule has 0 bridgehead atoms. The van der Waals surface area contributed by atoms with Crippen LogP contribution < -0.4 is 5.32 Å². The SMILES string of the molecule is C=C(Nc1cnc(-n2c(C(F)(F)F)nc3cc(C)ccc32)pn1)c1ccncc1F. The first kappa shape index (κ1) is 19.9. The highest BCUT2D eigenvalue weighted by molar-refractivity contribution is 7.28. The topological polar surface area (TPSA) is 68.5 Å². The number of hydrogen-bond acceptors (Lipinski definition) is 5. The number of benzene rings is 1. The van der Waals surface area contributed by atoms with E-state index in [2.05, 4.69) is 31.6 Å². The lowest BCUT2D eigenvalue weighted by atomic mass is 10.2. The molecule has 1 aromatic carbocycles. The quantitative estimate of drug-likeness (QED) is 0.441. The fourth-order valence-electron chi connectivity index (χ4n) is 2.85. The lowest BCUT2D eigenvalue weighted by Crippen LogP contribution is -2.14. The van der Waals surface area contributed by atoms with Crippen molar-refractivity contribution in [2.45, 2.75) is 13.1 Å². The van der Waals surface area contributed by atoms with E-state index in [-0.39, 0.29) is 42.0 Å². The fraction of sp³-hybridized carbons (Fsp3) is 0.105. The molecule has 4 rings (SSSR count). The van der Waals surface area contributed by atoms with Crippen molar-refractivity contribution in [1.29, 1.82) is 0 Å². The molecule has 1 N–H and O–H groups in total. The maximum atomic E-state index is 13.8. The van der Waals surface area contributed by atoms with Gasteiger partial charge in [0.1, 0.15) is 0 Å².